The van der Waals surface area contributed by atoms with Crippen molar-refractivity contribution in [1.29, 1.82) is 0 Å². The van der Waals surface area contributed by atoms with Gasteiger partial charge in [-0.3, -0.25) is 0 Å². The van der Waals surface area contributed by atoms with Crippen LogP contribution < -0.4 is 0 Å². The predicted octanol–water partition coefficient (Wildman–Crippen LogP) is 3.63. The molecule has 1 heterocycles. The maximum absolute atomic E-state index is 9.88. The first-order chi connectivity index (χ1) is 8.47. The summed E-state index contributed by atoms with van der Waals surface area (Å²) in [6.07, 6.45) is 11.9. The van der Waals surface area contributed by atoms with Gasteiger partial charge in [0, 0.05) is 18.9 Å². The van der Waals surface area contributed by atoms with Gasteiger partial charge in [-0.05, 0) is 37.5 Å². The van der Waals surface area contributed by atoms with Gasteiger partial charge in [-0.2, -0.15) is 0 Å². The Kier molecular flexibility index (Phi) is 6.41. The molecule has 1 aromatic rings. The molecule has 3 nitrogen and oxygen atoms in total. The number of unbranched alkanes of at least 4 members (excludes halogenated alkanes) is 1. The highest BCUT2D eigenvalue weighted by atomic mass is 16.3. The largest absolute Gasteiger partial charge is 0.393 e. The van der Waals surface area contributed by atoms with E-state index in [2.05, 4.69) is 30.3 Å². The summed E-state index contributed by atoms with van der Waals surface area (Å²) in [5, 5.41) is 9.88. The summed E-state index contributed by atoms with van der Waals surface area (Å²) in [5.41, 5.74) is 0.390. The van der Waals surface area contributed by atoms with Crippen LogP contribution in [0, 0.1) is 5.41 Å². The fourth-order valence-corrected chi connectivity index (χ4v) is 2.11. The maximum Gasteiger partial charge on any atom is 0.0945 e. The van der Waals surface area contributed by atoms with Crippen LogP contribution in [0.2, 0.25) is 0 Å². The maximum atomic E-state index is 9.88. The Morgan fingerprint density at radius 3 is 2.50 bits per heavy atom. The summed E-state index contributed by atoms with van der Waals surface area (Å²) in [6.45, 7) is 7.77. The van der Waals surface area contributed by atoms with Gasteiger partial charge in [0.25, 0.3) is 0 Å². The van der Waals surface area contributed by atoms with Crippen molar-refractivity contribution in [3.8, 4) is 0 Å². The first-order valence-electron chi connectivity index (χ1n) is 7.11. The third kappa shape index (κ3) is 7.49. The van der Waals surface area contributed by atoms with E-state index in [4.69, 9.17) is 0 Å². The zero-order valence-electron chi connectivity index (χ0n) is 12.1. The van der Waals surface area contributed by atoms with Crippen LogP contribution in [-0.2, 0) is 6.54 Å². The van der Waals surface area contributed by atoms with Gasteiger partial charge in [0.15, 0.2) is 0 Å². The summed E-state index contributed by atoms with van der Waals surface area (Å²) in [6, 6.07) is 0. The van der Waals surface area contributed by atoms with Crippen LogP contribution in [-0.4, -0.2) is 20.8 Å². The molecular formula is C15H28N2O. The molecule has 1 N–H and O–H groups in total. The van der Waals surface area contributed by atoms with E-state index in [-0.39, 0.29) is 6.10 Å². The minimum Gasteiger partial charge on any atom is -0.393 e. The predicted molar refractivity (Wildman–Crippen MR) is 75.4 cm³/mol. The van der Waals surface area contributed by atoms with E-state index in [1.165, 1.54) is 6.42 Å². The van der Waals surface area contributed by atoms with Gasteiger partial charge >= 0.3 is 0 Å². The number of hydrogen-bond acceptors (Lipinski definition) is 2. The number of nitrogens with zero attached hydrogens (tertiary/aromatic N) is 2. The van der Waals surface area contributed by atoms with Crippen molar-refractivity contribution >= 4 is 0 Å². The summed E-state index contributed by atoms with van der Waals surface area (Å²) < 4.78 is 2.09. The number of aryl methyl sites for hydroxylation is 1. The Hall–Kier alpha value is -0.830. The Morgan fingerprint density at radius 1 is 1.17 bits per heavy atom. The zero-order valence-corrected chi connectivity index (χ0v) is 12.1. The van der Waals surface area contributed by atoms with E-state index in [1.807, 2.05) is 12.5 Å². The molecule has 104 valence electrons. The quantitative estimate of drug-likeness (QED) is 0.717. The van der Waals surface area contributed by atoms with E-state index < -0.39 is 0 Å². The molecule has 0 spiro atoms. The number of aliphatic hydroxyl groups excluding tert-OH is 1. The monoisotopic (exact) mass is 252 g/mol. The highest BCUT2D eigenvalue weighted by Gasteiger charge is 2.11. The average Bonchev–Trinajstić information content (AvgIpc) is 2.75. The Bertz CT molecular complexity index is 301. The molecule has 1 atom stereocenters. The lowest BCUT2D eigenvalue weighted by Crippen LogP contribution is -2.10. The van der Waals surface area contributed by atoms with Gasteiger partial charge in [-0.15, -0.1) is 0 Å². The van der Waals surface area contributed by atoms with Crippen LogP contribution in [0.15, 0.2) is 18.7 Å². The van der Waals surface area contributed by atoms with E-state index in [0.29, 0.717) is 5.41 Å². The molecule has 0 radical (unpaired) electrons. The van der Waals surface area contributed by atoms with Gasteiger partial charge in [0.05, 0.1) is 12.4 Å². The summed E-state index contributed by atoms with van der Waals surface area (Å²) in [4.78, 5) is 4.01. The highest BCUT2D eigenvalue weighted by molar-refractivity contribution is 4.73. The van der Waals surface area contributed by atoms with Crippen LogP contribution in [0.25, 0.3) is 0 Å². The molecule has 1 rings (SSSR count). The molecule has 0 aliphatic rings. The molecule has 0 fully saturated rings. The van der Waals surface area contributed by atoms with Crippen LogP contribution in [0.4, 0.5) is 0 Å². The zero-order chi connectivity index (χ0) is 13.4. The van der Waals surface area contributed by atoms with Gasteiger partial charge < -0.3 is 9.67 Å². The Balaban J connectivity index is 1.98. The first kappa shape index (κ1) is 15.2. The normalized spacial score (nSPS) is 13.8. The first-order valence-corrected chi connectivity index (χ1v) is 7.11. The fraction of sp³-hybridized carbons (Fsp3) is 0.800. The lowest BCUT2D eigenvalue weighted by molar-refractivity contribution is 0.142. The second kappa shape index (κ2) is 7.57. The van der Waals surface area contributed by atoms with Crippen molar-refractivity contribution in [2.75, 3.05) is 0 Å². The SMILES string of the molecule is CC(C)(C)CCC[C@@H](O)CCCCn1ccnc1. The number of aliphatic hydroxyl groups is 1. The van der Waals surface area contributed by atoms with Crippen LogP contribution >= 0.6 is 0 Å². The van der Waals surface area contributed by atoms with Crippen molar-refractivity contribution < 1.29 is 5.11 Å². The lowest BCUT2D eigenvalue weighted by Gasteiger charge is -2.19. The van der Waals surface area contributed by atoms with Gasteiger partial charge in [0.2, 0.25) is 0 Å². The van der Waals surface area contributed by atoms with Gasteiger partial charge in [0.1, 0.15) is 0 Å². The van der Waals surface area contributed by atoms with E-state index >= 15 is 0 Å². The van der Waals surface area contributed by atoms with Crippen molar-refractivity contribution in [2.24, 2.45) is 5.41 Å². The fourth-order valence-electron chi connectivity index (χ4n) is 2.11. The van der Waals surface area contributed by atoms with Gasteiger partial charge in [-0.1, -0.05) is 27.2 Å². The molecule has 0 aromatic carbocycles. The molecule has 18 heavy (non-hydrogen) atoms. The smallest absolute Gasteiger partial charge is 0.0945 e. The molecule has 0 unspecified atom stereocenters. The highest BCUT2D eigenvalue weighted by Crippen LogP contribution is 2.22. The number of imidazole rings is 1. The standard InChI is InChI=1S/C15H28N2O/c1-15(2,3)9-6-8-14(18)7-4-5-11-17-12-10-16-13-17/h10,12-14,18H,4-9,11H2,1-3H3/t14-/m0/s1. The van der Waals surface area contributed by atoms with Crippen LogP contribution in [0.1, 0.15) is 59.3 Å². The van der Waals surface area contributed by atoms with E-state index in [9.17, 15) is 5.11 Å². The number of hydrogen-bond donors (Lipinski definition) is 1. The summed E-state index contributed by atoms with van der Waals surface area (Å²) in [5.74, 6) is 0. The topological polar surface area (TPSA) is 38.0 Å². The molecule has 0 aliphatic heterocycles. The second-order valence-corrected chi connectivity index (χ2v) is 6.40. The number of rotatable bonds is 8. The van der Waals surface area contributed by atoms with E-state index in [0.717, 1.165) is 38.6 Å². The molecule has 0 saturated heterocycles. The molecular weight excluding hydrogens is 224 g/mol. The third-order valence-electron chi connectivity index (χ3n) is 3.23. The molecule has 0 saturated carbocycles. The van der Waals surface area contributed by atoms with E-state index in [1.54, 1.807) is 6.20 Å². The Labute approximate surface area is 111 Å². The third-order valence-corrected chi connectivity index (χ3v) is 3.23. The molecule has 0 amide bonds. The second-order valence-electron chi connectivity index (χ2n) is 6.40. The summed E-state index contributed by atoms with van der Waals surface area (Å²) >= 11 is 0. The van der Waals surface area contributed by atoms with Crippen molar-refractivity contribution in [1.82, 2.24) is 9.55 Å². The minimum absolute atomic E-state index is 0.116. The molecule has 3 heteroatoms. The van der Waals surface area contributed by atoms with Crippen LogP contribution in [0.3, 0.4) is 0 Å². The number of aromatic nitrogens is 2. The van der Waals surface area contributed by atoms with Crippen molar-refractivity contribution in [3.05, 3.63) is 18.7 Å². The summed E-state index contributed by atoms with van der Waals surface area (Å²) in [7, 11) is 0. The van der Waals surface area contributed by atoms with Crippen molar-refractivity contribution in [2.45, 2.75) is 71.9 Å². The van der Waals surface area contributed by atoms with Crippen molar-refractivity contribution in [3.63, 3.8) is 0 Å². The average molecular weight is 252 g/mol. The Morgan fingerprint density at radius 2 is 1.89 bits per heavy atom. The lowest BCUT2D eigenvalue weighted by atomic mass is 9.89. The van der Waals surface area contributed by atoms with Crippen LogP contribution in [0.5, 0.6) is 0 Å². The molecule has 0 bridgehead atoms. The molecule has 1 aromatic heterocycles. The molecule has 0 aliphatic carbocycles. The minimum atomic E-state index is -0.116. The van der Waals surface area contributed by atoms with Gasteiger partial charge in [-0.25, -0.2) is 4.98 Å².